The van der Waals surface area contributed by atoms with Gasteiger partial charge in [0, 0.05) is 33.3 Å². The maximum Gasteiger partial charge on any atom is 0.191 e. The molecule has 6 nitrogen and oxygen atoms in total. The number of nitrogens with zero attached hydrogens (tertiary/aromatic N) is 2. The third kappa shape index (κ3) is 12.0. The highest BCUT2D eigenvalue weighted by molar-refractivity contribution is 14.0. The minimum Gasteiger partial charge on any atom is -0.494 e. The van der Waals surface area contributed by atoms with E-state index >= 15 is 0 Å². The van der Waals surface area contributed by atoms with Gasteiger partial charge in [0.1, 0.15) is 5.75 Å². The molecule has 1 aromatic carbocycles. The number of hydrogen-bond acceptors (Lipinski definition) is 4. The minimum atomic E-state index is 0. The van der Waals surface area contributed by atoms with Crippen LogP contribution < -0.4 is 15.4 Å². The van der Waals surface area contributed by atoms with Gasteiger partial charge in [-0.15, -0.1) is 24.0 Å². The third-order valence-electron chi connectivity index (χ3n) is 5.14. The Hall–Kier alpha value is -1.06. The van der Waals surface area contributed by atoms with Crippen molar-refractivity contribution < 1.29 is 9.47 Å². The van der Waals surface area contributed by atoms with Crippen LogP contribution >= 0.6 is 24.0 Å². The second kappa shape index (κ2) is 16.6. The molecule has 0 radical (unpaired) electrons. The summed E-state index contributed by atoms with van der Waals surface area (Å²) in [4.78, 5) is 6.47. The van der Waals surface area contributed by atoms with Crippen molar-refractivity contribution in [2.45, 2.75) is 57.6 Å². The average molecular weight is 533 g/mol. The molecule has 1 saturated carbocycles. The van der Waals surface area contributed by atoms with Gasteiger partial charge in [-0.05, 0) is 57.5 Å². The second-order valence-electron chi connectivity index (χ2n) is 7.99. The van der Waals surface area contributed by atoms with Crippen LogP contribution in [0.5, 0.6) is 5.75 Å². The first-order valence-electron chi connectivity index (χ1n) is 11.1. The topological polar surface area (TPSA) is 58.1 Å². The van der Waals surface area contributed by atoms with Crippen molar-refractivity contribution in [1.29, 1.82) is 0 Å². The van der Waals surface area contributed by atoms with Crippen LogP contribution in [0.2, 0.25) is 0 Å². The van der Waals surface area contributed by atoms with Gasteiger partial charge in [-0.25, -0.2) is 0 Å². The van der Waals surface area contributed by atoms with Gasteiger partial charge in [0.15, 0.2) is 5.96 Å². The molecule has 172 valence electrons. The number of aliphatic imine (C=N–C) groups is 1. The Morgan fingerprint density at radius 2 is 1.77 bits per heavy atom. The third-order valence-corrected chi connectivity index (χ3v) is 5.14. The number of guanidine groups is 1. The number of benzene rings is 1. The SMILES string of the molecule is CN=C(NCCCOC1CCCCC1)NCc1ccc(OCCCN(C)C)cc1.I. The normalized spacial score (nSPS) is 15.0. The first-order valence-corrected chi connectivity index (χ1v) is 11.1. The van der Waals surface area contributed by atoms with Crippen LogP contribution in [0.1, 0.15) is 50.5 Å². The Morgan fingerprint density at radius 3 is 2.43 bits per heavy atom. The number of rotatable bonds is 12. The lowest BCUT2D eigenvalue weighted by molar-refractivity contribution is 0.0277. The maximum atomic E-state index is 5.97. The smallest absolute Gasteiger partial charge is 0.191 e. The van der Waals surface area contributed by atoms with E-state index in [9.17, 15) is 0 Å². The standard InChI is InChI=1S/C23H40N4O2.HI/c1-24-23(25-15-7-17-28-21-9-5-4-6-10-21)26-19-20-11-13-22(14-12-20)29-18-8-16-27(2)3;/h11-14,21H,4-10,15-19H2,1-3H3,(H2,24,25,26);1H. The zero-order chi connectivity index (χ0) is 20.7. The molecule has 0 atom stereocenters. The van der Waals surface area contributed by atoms with Crippen LogP contribution in [0.3, 0.4) is 0 Å². The predicted octanol–water partition coefficient (Wildman–Crippen LogP) is 4.04. The molecule has 0 heterocycles. The van der Waals surface area contributed by atoms with E-state index in [2.05, 4.69) is 46.8 Å². The maximum absolute atomic E-state index is 5.97. The van der Waals surface area contributed by atoms with Crippen molar-refractivity contribution in [2.24, 2.45) is 4.99 Å². The van der Waals surface area contributed by atoms with Gasteiger partial charge >= 0.3 is 0 Å². The highest BCUT2D eigenvalue weighted by atomic mass is 127. The molecule has 2 N–H and O–H groups in total. The van der Waals surface area contributed by atoms with E-state index in [1.54, 1.807) is 7.05 Å². The van der Waals surface area contributed by atoms with Gasteiger partial charge in [0.05, 0.1) is 12.7 Å². The summed E-state index contributed by atoms with van der Waals surface area (Å²) >= 11 is 0. The second-order valence-corrected chi connectivity index (χ2v) is 7.99. The molecule has 1 aliphatic carbocycles. The lowest BCUT2D eigenvalue weighted by Gasteiger charge is -2.22. The van der Waals surface area contributed by atoms with Crippen LogP contribution in [-0.2, 0) is 11.3 Å². The first-order chi connectivity index (χ1) is 14.2. The molecule has 0 saturated heterocycles. The fourth-order valence-electron chi connectivity index (χ4n) is 3.44. The largest absolute Gasteiger partial charge is 0.494 e. The summed E-state index contributed by atoms with van der Waals surface area (Å²) in [6, 6.07) is 8.26. The number of ether oxygens (including phenoxy) is 2. The summed E-state index contributed by atoms with van der Waals surface area (Å²) in [6.45, 7) is 4.22. The highest BCUT2D eigenvalue weighted by Gasteiger charge is 2.12. The summed E-state index contributed by atoms with van der Waals surface area (Å²) in [5, 5.41) is 6.72. The first kappa shape index (κ1) is 27.0. The van der Waals surface area contributed by atoms with Crippen molar-refractivity contribution in [3.05, 3.63) is 29.8 Å². The van der Waals surface area contributed by atoms with Crippen molar-refractivity contribution >= 4 is 29.9 Å². The van der Waals surface area contributed by atoms with Crippen LogP contribution in [0.4, 0.5) is 0 Å². The molecule has 1 aliphatic rings. The molecule has 1 fully saturated rings. The van der Waals surface area contributed by atoms with Gasteiger partial charge < -0.3 is 25.0 Å². The molecule has 0 unspecified atom stereocenters. The van der Waals surface area contributed by atoms with E-state index in [0.717, 1.165) is 57.4 Å². The van der Waals surface area contributed by atoms with Gasteiger partial charge in [0.25, 0.3) is 0 Å². The quantitative estimate of drug-likeness (QED) is 0.184. The lowest BCUT2D eigenvalue weighted by Crippen LogP contribution is -2.37. The van der Waals surface area contributed by atoms with E-state index in [0.29, 0.717) is 6.10 Å². The molecule has 30 heavy (non-hydrogen) atoms. The van der Waals surface area contributed by atoms with E-state index in [1.807, 2.05) is 12.1 Å². The molecular formula is C23H41IN4O2. The average Bonchev–Trinajstić information content (AvgIpc) is 2.74. The van der Waals surface area contributed by atoms with E-state index in [1.165, 1.54) is 37.7 Å². The van der Waals surface area contributed by atoms with E-state index < -0.39 is 0 Å². The summed E-state index contributed by atoms with van der Waals surface area (Å²) in [7, 11) is 5.96. The Labute approximate surface area is 200 Å². The van der Waals surface area contributed by atoms with Crippen molar-refractivity contribution in [1.82, 2.24) is 15.5 Å². The fraction of sp³-hybridized carbons (Fsp3) is 0.696. The molecular weight excluding hydrogens is 491 g/mol. The van der Waals surface area contributed by atoms with Crippen LogP contribution in [0.15, 0.2) is 29.3 Å². The van der Waals surface area contributed by atoms with Crippen LogP contribution in [0.25, 0.3) is 0 Å². The minimum absolute atomic E-state index is 0. The van der Waals surface area contributed by atoms with Crippen LogP contribution in [-0.4, -0.2) is 64.4 Å². The van der Waals surface area contributed by atoms with Crippen molar-refractivity contribution in [3.8, 4) is 5.75 Å². The van der Waals surface area contributed by atoms with E-state index in [-0.39, 0.29) is 24.0 Å². The molecule has 1 aromatic rings. The van der Waals surface area contributed by atoms with Crippen molar-refractivity contribution in [2.75, 3.05) is 47.4 Å². The molecule has 2 rings (SSSR count). The van der Waals surface area contributed by atoms with Gasteiger partial charge in [0.2, 0.25) is 0 Å². The Kier molecular flexibility index (Phi) is 14.9. The molecule has 0 amide bonds. The molecule has 0 aromatic heterocycles. The predicted molar refractivity (Wildman–Crippen MR) is 136 cm³/mol. The number of hydrogen-bond donors (Lipinski definition) is 2. The Bertz CT molecular complexity index is 575. The number of halogens is 1. The number of nitrogens with one attached hydrogen (secondary N) is 2. The van der Waals surface area contributed by atoms with Crippen molar-refractivity contribution in [3.63, 3.8) is 0 Å². The van der Waals surface area contributed by atoms with Gasteiger partial charge in [-0.3, -0.25) is 4.99 Å². The Balaban J connectivity index is 0.00000450. The van der Waals surface area contributed by atoms with Gasteiger partial charge in [-0.1, -0.05) is 31.4 Å². The summed E-state index contributed by atoms with van der Waals surface area (Å²) < 4.78 is 11.8. The molecule has 0 bridgehead atoms. The van der Waals surface area contributed by atoms with E-state index in [4.69, 9.17) is 9.47 Å². The van der Waals surface area contributed by atoms with Crippen LogP contribution in [0, 0.1) is 0 Å². The monoisotopic (exact) mass is 532 g/mol. The van der Waals surface area contributed by atoms with Gasteiger partial charge in [-0.2, -0.15) is 0 Å². The highest BCUT2D eigenvalue weighted by Crippen LogP contribution is 2.20. The molecule has 0 aliphatic heterocycles. The molecule has 0 spiro atoms. The zero-order valence-electron chi connectivity index (χ0n) is 19.0. The zero-order valence-corrected chi connectivity index (χ0v) is 21.3. The summed E-state index contributed by atoms with van der Waals surface area (Å²) in [5.74, 6) is 1.75. The summed E-state index contributed by atoms with van der Waals surface area (Å²) in [5.41, 5.74) is 1.20. The summed E-state index contributed by atoms with van der Waals surface area (Å²) in [6.07, 6.45) is 9.00. The Morgan fingerprint density at radius 1 is 1.03 bits per heavy atom. The fourth-order valence-corrected chi connectivity index (χ4v) is 3.44. The molecule has 7 heteroatoms. The lowest BCUT2D eigenvalue weighted by atomic mass is 9.98.